The first-order valence-electron chi connectivity index (χ1n) is 11.7. The summed E-state index contributed by atoms with van der Waals surface area (Å²) in [7, 11) is 0. The second kappa shape index (κ2) is 9.04. The minimum absolute atomic E-state index is 0.00000361. The molecule has 2 fully saturated rings. The van der Waals surface area contributed by atoms with Crippen LogP contribution in [-0.4, -0.2) is 48.6 Å². The molecule has 11 heteroatoms. The molecule has 5 N–H and O–H groups in total. The molecule has 2 aromatic heterocycles. The molecule has 1 aliphatic carbocycles. The van der Waals surface area contributed by atoms with Crippen molar-refractivity contribution in [1.29, 1.82) is 0 Å². The highest BCUT2D eigenvalue weighted by Crippen LogP contribution is 2.55. The van der Waals surface area contributed by atoms with Crippen LogP contribution in [0.15, 0.2) is 30.6 Å². The lowest BCUT2D eigenvalue weighted by molar-refractivity contribution is -0.125. The first-order chi connectivity index (χ1) is 17.2. The summed E-state index contributed by atoms with van der Waals surface area (Å²) in [6.45, 7) is 3.00. The van der Waals surface area contributed by atoms with E-state index < -0.39 is 17.9 Å². The van der Waals surface area contributed by atoms with Gasteiger partial charge in [-0.05, 0) is 43.6 Å². The van der Waals surface area contributed by atoms with E-state index in [0.29, 0.717) is 24.3 Å². The summed E-state index contributed by atoms with van der Waals surface area (Å²) in [4.78, 5) is 13.9. The Bertz CT molecular complexity index is 1380. The molecule has 2 aliphatic rings. The molecule has 1 aliphatic heterocycles. The molecule has 0 bridgehead atoms. The van der Waals surface area contributed by atoms with Gasteiger partial charge in [0.25, 0.3) is 5.91 Å². The molecule has 5 rings (SSSR count). The summed E-state index contributed by atoms with van der Waals surface area (Å²) in [5, 5.41) is 19.2. The molecule has 188 valence electrons. The number of carbonyl (C=O) groups is 1. The van der Waals surface area contributed by atoms with Crippen LogP contribution < -0.4 is 11.5 Å². The number of aliphatic hydroxyl groups excluding tert-OH is 1. The second-order valence-electron chi connectivity index (χ2n) is 9.59. The van der Waals surface area contributed by atoms with Gasteiger partial charge >= 0.3 is 0 Å². The largest absolute Gasteiger partial charge is 0.384 e. The van der Waals surface area contributed by atoms with Crippen molar-refractivity contribution in [1.82, 2.24) is 24.5 Å². The average Bonchev–Trinajstić information content (AvgIpc) is 3.53. The summed E-state index contributed by atoms with van der Waals surface area (Å²) in [5.74, 6) is 3.53. The van der Waals surface area contributed by atoms with Gasteiger partial charge in [0.2, 0.25) is 0 Å². The lowest BCUT2D eigenvalue weighted by atomic mass is 9.65. The van der Waals surface area contributed by atoms with Crippen molar-refractivity contribution >= 4 is 11.7 Å². The van der Waals surface area contributed by atoms with Gasteiger partial charge in [-0.25, -0.2) is 13.5 Å². The van der Waals surface area contributed by atoms with Gasteiger partial charge in [-0.15, -0.1) is 0 Å². The number of aliphatic hydroxyl groups is 1. The molecule has 1 saturated heterocycles. The monoisotopic (exact) mass is 495 g/mol. The van der Waals surface area contributed by atoms with Crippen LogP contribution in [0.25, 0.3) is 11.3 Å². The number of amides is 1. The van der Waals surface area contributed by atoms with E-state index in [1.807, 2.05) is 0 Å². The smallest absolute Gasteiger partial charge is 0.298 e. The Labute approximate surface area is 206 Å². The van der Waals surface area contributed by atoms with Crippen molar-refractivity contribution in [2.45, 2.75) is 45.0 Å². The van der Waals surface area contributed by atoms with Gasteiger partial charge in [-0.3, -0.25) is 9.48 Å². The number of anilines is 1. The molecule has 0 radical (unpaired) electrons. The maximum atomic E-state index is 14.1. The van der Waals surface area contributed by atoms with E-state index >= 15 is 0 Å². The summed E-state index contributed by atoms with van der Waals surface area (Å²) < 4.78 is 30.8. The number of hydrogen-bond donors (Lipinski definition) is 3. The Balaban J connectivity index is 1.36. The van der Waals surface area contributed by atoms with Gasteiger partial charge in [0.1, 0.15) is 17.7 Å². The van der Waals surface area contributed by atoms with Crippen molar-refractivity contribution < 1.29 is 18.7 Å². The maximum absolute atomic E-state index is 14.1. The van der Waals surface area contributed by atoms with E-state index in [4.69, 9.17) is 11.5 Å². The molecule has 1 saturated carbocycles. The first-order valence-corrected chi connectivity index (χ1v) is 11.7. The summed E-state index contributed by atoms with van der Waals surface area (Å²) in [5.41, 5.74) is 13.6. The quantitative estimate of drug-likeness (QED) is 0.368. The normalized spacial score (nSPS) is 21.8. The van der Waals surface area contributed by atoms with Crippen molar-refractivity contribution in [3.05, 3.63) is 53.4 Å². The van der Waals surface area contributed by atoms with Crippen molar-refractivity contribution in [2.75, 3.05) is 18.8 Å². The maximum Gasteiger partial charge on any atom is 0.298 e. The lowest BCUT2D eigenvalue weighted by Gasteiger charge is -2.45. The van der Waals surface area contributed by atoms with E-state index in [0.717, 1.165) is 25.3 Å². The number of nitrogen functional groups attached to an aromatic ring is 1. The standard InChI is InChI=1S/C25H27F2N7O2/c1-2-4-19(35)32-8-7-25(14-32)9-17(10-25)34-23(28)20(24(29)36)22(31-34)16-11-30-33(13-16)12-15-5-3-6-18(26)21(15)27/h3,5-6,11,13,17,24,36H,7-10,12,14,28-29H2,1H3/t17-,24?,25-. The van der Waals surface area contributed by atoms with Crippen molar-refractivity contribution in [3.8, 4) is 23.1 Å². The van der Waals surface area contributed by atoms with E-state index in [1.165, 1.54) is 23.0 Å². The molecule has 3 heterocycles. The highest BCUT2D eigenvalue weighted by molar-refractivity contribution is 5.93. The van der Waals surface area contributed by atoms with Gasteiger partial charge in [0.05, 0.1) is 24.3 Å². The molecule has 1 spiro atoms. The average molecular weight is 496 g/mol. The first kappa shape index (κ1) is 24.0. The van der Waals surface area contributed by atoms with E-state index in [1.54, 1.807) is 22.7 Å². The fraction of sp³-hybridized carbons (Fsp3) is 0.400. The van der Waals surface area contributed by atoms with Crippen LogP contribution in [0.5, 0.6) is 0 Å². The highest BCUT2D eigenvalue weighted by atomic mass is 19.2. The number of nitrogens with zero attached hydrogens (tertiary/aromatic N) is 5. The predicted octanol–water partition coefficient (Wildman–Crippen LogP) is 2.18. The van der Waals surface area contributed by atoms with Gasteiger partial charge in [-0.1, -0.05) is 18.1 Å². The third-order valence-electron chi connectivity index (χ3n) is 7.19. The second-order valence-corrected chi connectivity index (χ2v) is 9.59. The summed E-state index contributed by atoms with van der Waals surface area (Å²) in [6.07, 6.45) is 4.26. The van der Waals surface area contributed by atoms with E-state index in [9.17, 15) is 18.7 Å². The van der Waals surface area contributed by atoms with Crippen LogP contribution in [0.2, 0.25) is 0 Å². The summed E-state index contributed by atoms with van der Waals surface area (Å²) in [6, 6.07) is 3.98. The SMILES string of the molecule is CC#CC(=O)N1CC[C@]2(C1)C[C@H](n1nc(-c3cnn(Cc4cccc(F)c4F)c3)c(C(N)O)c1N)C2. The number of nitrogens with two attached hydrogens (primary N) is 2. The molecule has 1 amide bonds. The number of rotatable bonds is 5. The molecule has 1 aromatic carbocycles. The Morgan fingerprint density at radius 3 is 2.86 bits per heavy atom. The fourth-order valence-corrected chi connectivity index (χ4v) is 5.40. The number of benzene rings is 1. The predicted molar refractivity (Wildman–Crippen MR) is 128 cm³/mol. The molecule has 3 aromatic rings. The van der Waals surface area contributed by atoms with Crippen LogP contribution >= 0.6 is 0 Å². The molecular weight excluding hydrogens is 468 g/mol. The number of likely N-dealkylation sites (tertiary alicyclic amines) is 1. The van der Waals surface area contributed by atoms with Gasteiger partial charge in [-0.2, -0.15) is 10.2 Å². The minimum Gasteiger partial charge on any atom is -0.384 e. The molecule has 36 heavy (non-hydrogen) atoms. The number of aromatic nitrogens is 4. The topological polar surface area (TPSA) is 128 Å². The Hall–Kier alpha value is -3.75. The zero-order valence-corrected chi connectivity index (χ0v) is 19.8. The zero-order chi connectivity index (χ0) is 25.6. The van der Waals surface area contributed by atoms with Gasteiger partial charge in [0.15, 0.2) is 11.6 Å². The van der Waals surface area contributed by atoms with Gasteiger partial charge in [0, 0.05) is 30.4 Å². The highest BCUT2D eigenvalue weighted by Gasteiger charge is 2.51. The van der Waals surface area contributed by atoms with Crippen molar-refractivity contribution in [2.24, 2.45) is 11.1 Å². The van der Waals surface area contributed by atoms with E-state index in [2.05, 4.69) is 22.0 Å². The van der Waals surface area contributed by atoms with Crippen LogP contribution in [0, 0.1) is 28.9 Å². The minimum atomic E-state index is -1.36. The lowest BCUT2D eigenvalue weighted by Crippen LogP contribution is -2.42. The Morgan fingerprint density at radius 1 is 1.36 bits per heavy atom. The van der Waals surface area contributed by atoms with Crippen LogP contribution in [0.1, 0.15) is 49.6 Å². The van der Waals surface area contributed by atoms with Gasteiger partial charge < -0.3 is 21.5 Å². The molecule has 9 nitrogen and oxygen atoms in total. The van der Waals surface area contributed by atoms with Crippen LogP contribution in [-0.2, 0) is 11.3 Å². The van der Waals surface area contributed by atoms with Crippen LogP contribution in [0.4, 0.5) is 14.6 Å². The molecule has 1 unspecified atom stereocenters. The Kier molecular flexibility index (Phi) is 6.02. The van der Waals surface area contributed by atoms with Crippen LogP contribution in [0.3, 0.4) is 0 Å². The third-order valence-corrected chi connectivity index (χ3v) is 7.19. The number of carbonyl (C=O) groups excluding carboxylic acids is 1. The Morgan fingerprint density at radius 2 is 2.14 bits per heavy atom. The van der Waals surface area contributed by atoms with E-state index in [-0.39, 0.29) is 40.9 Å². The number of hydrogen-bond acceptors (Lipinski definition) is 6. The van der Waals surface area contributed by atoms with Crippen molar-refractivity contribution in [3.63, 3.8) is 0 Å². The summed E-state index contributed by atoms with van der Waals surface area (Å²) >= 11 is 0. The third kappa shape index (κ3) is 4.12. The molecule has 1 atom stereocenters. The molecular formula is C25H27F2N7O2. The zero-order valence-electron chi connectivity index (χ0n) is 19.8. The fourth-order valence-electron chi connectivity index (χ4n) is 5.40. The number of halogens is 2.